The van der Waals surface area contributed by atoms with E-state index in [9.17, 15) is 0 Å². The Morgan fingerprint density at radius 2 is 2.03 bits per heavy atom. The molecule has 0 fully saturated rings. The van der Waals surface area contributed by atoms with Crippen LogP contribution in [0, 0.1) is 0 Å². The van der Waals surface area contributed by atoms with Gasteiger partial charge in [-0.3, -0.25) is 0 Å². The molecule has 0 saturated carbocycles. The second-order valence-corrected chi connectivity index (χ2v) is 7.68. The molecule has 0 N–H and O–H groups in total. The highest BCUT2D eigenvalue weighted by atomic mass is 35.5. The average molecular weight is 426 g/mol. The molecule has 0 unspecified atom stereocenters. The van der Waals surface area contributed by atoms with E-state index in [-0.39, 0.29) is 0 Å². The Kier molecular flexibility index (Phi) is 5.92. The van der Waals surface area contributed by atoms with Gasteiger partial charge in [-0.25, -0.2) is 9.50 Å². The molecule has 0 amide bonds. The summed E-state index contributed by atoms with van der Waals surface area (Å²) in [4.78, 5) is 4.55. The van der Waals surface area contributed by atoms with E-state index in [0.717, 1.165) is 33.3 Å². The summed E-state index contributed by atoms with van der Waals surface area (Å²) in [7, 11) is 1.68. The lowest BCUT2D eigenvalue weighted by molar-refractivity contribution is 0.340. The SMILES string of the molecule is CCOc1ccc(-c2cc3c(SCc4cccc(OC)c4)nccn3n2)cc1Cl. The van der Waals surface area contributed by atoms with Crippen LogP contribution in [0.3, 0.4) is 0 Å². The van der Waals surface area contributed by atoms with Crippen LogP contribution in [-0.4, -0.2) is 28.3 Å². The molecule has 0 bridgehead atoms. The standard InChI is InChI=1S/C22H20ClN3O2S/c1-3-28-21-8-7-16(12-18(21)23)19-13-20-22(24-9-10-26(20)25-19)29-14-15-5-4-6-17(11-15)27-2/h4-13H,3,14H2,1-2H3. The van der Waals surface area contributed by atoms with Crippen LogP contribution < -0.4 is 9.47 Å². The number of ether oxygens (including phenoxy) is 2. The monoisotopic (exact) mass is 425 g/mol. The van der Waals surface area contributed by atoms with Crippen LogP contribution in [0.1, 0.15) is 12.5 Å². The molecule has 0 aliphatic rings. The number of thioether (sulfide) groups is 1. The molecule has 7 heteroatoms. The Balaban J connectivity index is 1.60. The summed E-state index contributed by atoms with van der Waals surface area (Å²) in [6.45, 7) is 2.51. The number of halogens is 1. The van der Waals surface area contributed by atoms with E-state index >= 15 is 0 Å². The molecule has 0 aliphatic heterocycles. The maximum Gasteiger partial charge on any atom is 0.137 e. The molecule has 2 aromatic heterocycles. The van der Waals surface area contributed by atoms with Crippen molar-refractivity contribution in [3.8, 4) is 22.8 Å². The zero-order valence-electron chi connectivity index (χ0n) is 16.1. The fraction of sp³-hybridized carbons (Fsp3) is 0.182. The molecular formula is C22H20ClN3O2S. The highest BCUT2D eigenvalue weighted by Gasteiger charge is 2.12. The summed E-state index contributed by atoms with van der Waals surface area (Å²) in [6.07, 6.45) is 3.62. The van der Waals surface area contributed by atoms with Crippen LogP contribution in [0.5, 0.6) is 11.5 Å². The first-order valence-corrected chi connectivity index (χ1v) is 10.6. The summed E-state index contributed by atoms with van der Waals surface area (Å²) in [5.41, 5.74) is 3.91. The van der Waals surface area contributed by atoms with E-state index in [4.69, 9.17) is 21.1 Å². The fourth-order valence-electron chi connectivity index (χ4n) is 3.00. The van der Waals surface area contributed by atoms with Crippen molar-refractivity contribution in [2.45, 2.75) is 17.7 Å². The Morgan fingerprint density at radius 1 is 1.14 bits per heavy atom. The van der Waals surface area contributed by atoms with Crippen LogP contribution in [0.15, 0.2) is 66.0 Å². The summed E-state index contributed by atoms with van der Waals surface area (Å²) in [5.74, 6) is 2.32. The Bertz CT molecular complexity index is 1150. The molecule has 4 rings (SSSR count). The lowest BCUT2D eigenvalue weighted by Crippen LogP contribution is -1.93. The Hall–Kier alpha value is -2.70. The molecule has 2 aromatic carbocycles. The maximum atomic E-state index is 6.34. The van der Waals surface area contributed by atoms with Gasteiger partial charge in [0.1, 0.15) is 16.5 Å². The lowest BCUT2D eigenvalue weighted by atomic mass is 10.1. The van der Waals surface area contributed by atoms with Gasteiger partial charge in [0.25, 0.3) is 0 Å². The van der Waals surface area contributed by atoms with Crippen LogP contribution in [0.25, 0.3) is 16.8 Å². The fourth-order valence-corrected chi connectivity index (χ4v) is 4.15. The van der Waals surface area contributed by atoms with Gasteiger partial charge in [0, 0.05) is 23.7 Å². The van der Waals surface area contributed by atoms with Gasteiger partial charge in [0.05, 0.1) is 29.9 Å². The predicted octanol–water partition coefficient (Wildman–Crippen LogP) is 5.75. The van der Waals surface area contributed by atoms with Gasteiger partial charge in [-0.05, 0) is 48.9 Å². The van der Waals surface area contributed by atoms with Gasteiger partial charge in [-0.1, -0.05) is 35.5 Å². The first-order valence-electron chi connectivity index (χ1n) is 9.20. The normalized spacial score (nSPS) is 11.0. The van der Waals surface area contributed by atoms with Crippen molar-refractivity contribution < 1.29 is 9.47 Å². The second kappa shape index (κ2) is 8.76. The number of nitrogens with zero attached hydrogens (tertiary/aromatic N) is 3. The molecule has 148 valence electrons. The first kappa shape index (κ1) is 19.6. The largest absolute Gasteiger partial charge is 0.497 e. The molecule has 4 aromatic rings. The van der Waals surface area contributed by atoms with Gasteiger partial charge < -0.3 is 9.47 Å². The third-order valence-corrected chi connectivity index (χ3v) is 5.75. The third-order valence-electron chi connectivity index (χ3n) is 4.39. The molecular weight excluding hydrogens is 406 g/mol. The number of fused-ring (bicyclic) bond motifs is 1. The van der Waals surface area contributed by atoms with E-state index in [1.54, 1.807) is 25.1 Å². The molecule has 0 aliphatic carbocycles. The first-order chi connectivity index (χ1) is 14.2. The molecule has 2 heterocycles. The van der Waals surface area contributed by atoms with Crippen molar-refractivity contribution in [1.29, 1.82) is 0 Å². The van der Waals surface area contributed by atoms with Crippen LogP contribution in [-0.2, 0) is 5.75 Å². The molecule has 0 saturated heterocycles. The third kappa shape index (κ3) is 4.33. The van der Waals surface area contributed by atoms with Crippen LogP contribution in [0.2, 0.25) is 5.02 Å². The zero-order chi connectivity index (χ0) is 20.2. The summed E-state index contributed by atoms with van der Waals surface area (Å²) >= 11 is 8.01. The number of methoxy groups -OCH3 is 1. The van der Waals surface area contributed by atoms with Crippen LogP contribution >= 0.6 is 23.4 Å². The summed E-state index contributed by atoms with van der Waals surface area (Å²) < 4.78 is 12.7. The van der Waals surface area contributed by atoms with Crippen molar-refractivity contribution in [3.63, 3.8) is 0 Å². The van der Waals surface area contributed by atoms with E-state index in [2.05, 4.69) is 16.1 Å². The molecule has 0 atom stereocenters. The summed E-state index contributed by atoms with van der Waals surface area (Å²) in [5, 5.41) is 6.19. The van der Waals surface area contributed by atoms with Crippen molar-refractivity contribution in [2.75, 3.05) is 13.7 Å². The van der Waals surface area contributed by atoms with Gasteiger partial charge in [0.2, 0.25) is 0 Å². The lowest BCUT2D eigenvalue weighted by Gasteiger charge is -2.06. The van der Waals surface area contributed by atoms with Crippen molar-refractivity contribution in [3.05, 3.63) is 71.5 Å². The minimum atomic E-state index is 0.576. The van der Waals surface area contributed by atoms with E-state index in [1.165, 1.54) is 5.56 Å². The van der Waals surface area contributed by atoms with Crippen molar-refractivity contribution in [2.24, 2.45) is 0 Å². The molecule has 29 heavy (non-hydrogen) atoms. The number of aromatic nitrogens is 3. The number of rotatable bonds is 7. The Labute approximate surface area is 178 Å². The zero-order valence-corrected chi connectivity index (χ0v) is 17.7. The minimum absolute atomic E-state index is 0.576. The number of hydrogen-bond acceptors (Lipinski definition) is 5. The van der Waals surface area contributed by atoms with Crippen LogP contribution in [0.4, 0.5) is 0 Å². The van der Waals surface area contributed by atoms with E-state index in [0.29, 0.717) is 17.4 Å². The van der Waals surface area contributed by atoms with Gasteiger partial charge in [-0.15, -0.1) is 0 Å². The summed E-state index contributed by atoms with van der Waals surface area (Å²) in [6, 6.07) is 15.8. The van der Waals surface area contributed by atoms with Gasteiger partial charge in [0.15, 0.2) is 0 Å². The Morgan fingerprint density at radius 3 is 2.83 bits per heavy atom. The van der Waals surface area contributed by atoms with E-state index in [1.807, 2.05) is 60.1 Å². The van der Waals surface area contributed by atoms with Gasteiger partial charge >= 0.3 is 0 Å². The maximum absolute atomic E-state index is 6.34. The van der Waals surface area contributed by atoms with Crippen molar-refractivity contribution >= 4 is 28.9 Å². The average Bonchev–Trinajstić information content (AvgIpc) is 3.19. The number of benzene rings is 2. The highest BCUT2D eigenvalue weighted by Crippen LogP contribution is 2.32. The smallest absolute Gasteiger partial charge is 0.137 e. The predicted molar refractivity (Wildman–Crippen MR) is 117 cm³/mol. The molecule has 0 radical (unpaired) electrons. The second-order valence-electron chi connectivity index (χ2n) is 6.31. The topological polar surface area (TPSA) is 48.7 Å². The van der Waals surface area contributed by atoms with Gasteiger partial charge in [-0.2, -0.15) is 5.10 Å². The molecule has 0 spiro atoms. The highest BCUT2D eigenvalue weighted by molar-refractivity contribution is 7.98. The van der Waals surface area contributed by atoms with Crippen molar-refractivity contribution in [1.82, 2.24) is 14.6 Å². The van der Waals surface area contributed by atoms with E-state index < -0.39 is 0 Å². The minimum Gasteiger partial charge on any atom is -0.497 e. The number of hydrogen-bond donors (Lipinski definition) is 0. The molecule has 5 nitrogen and oxygen atoms in total. The quantitative estimate of drug-likeness (QED) is 0.353.